The van der Waals surface area contributed by atoms with Crippen LogP contribution in [0.5, 0.6) is 0 Å². The number of carbonyl (C=O) groups is 1. The van der Waals surface area contributed by atoms with Crippen LogP contribution in [0.3, 0.4) is 0 Å². The highest BCUT2D eigenvalue weighted by atomic mass is 32.2. The SMILES string of the molecule is Cc1ccccc1S(=O)(=O)Nc1ccc(C(=O)C(F)(F)F)cc1. The fraction of sp³-hybridized carbons (Fsp3) is 0.133. The molecule has 0 heterocycles. The van der Waals surface area contributed by atoms with Crippen LogP contribution in [0.4, 0.5) is 18.9 Å². The largest absolute Gasteiger partial charge is 0.454 e. The quantitative estimate of drug-likeness (QED) is 0.864. The van der Waals surface area contributed by atoms with E-state index in [9.17, 15) is 26.4 Å². The van der Waals surface area contributed by atoms with Crippen LogP contribution in [0.2, 0.25) is 0 Å². The second-order valence-electron chi connectivity index (χ2n) is 4.78. The molecule has 0 spiro atoms. The van der Waals surface area contributed by atoms with E-state index in [1.165, 1.54) is 6.07 Å². The Morgan fingerprint density at radius 3 is 2.09 bits per heavy atom. The van der Waals surface area contributed by atoms with E-state index < -0.39 is 27.5 Å². The number of halogens is 3. The van der Waals surface area contributed by atoms with Crippen LogP contribution in [0.15, 0.2) is 53.4 Å². The van der Waals surface area contributed by atoms with Crippen molar-refractivity contribution >= 4 is 21.5 Å². The fourth-order valence-electron chi connectivity index (χ4n) is 1.92. The van der Waals surface area contributed by atoms with Crippen molar-refractivity contribution in [1.82, 2.24) is 0 Å². The molecule has 4 nitrogen and oxygen atoms in total. The van der Waals surface area contributed by atoms with E-state index in [-0.39, 0.29) is 10.6 Å². The van der Waals surface area contributed by atoms with Crippen LogP contribution in [0.1, 0.15) is 15.9 Å². The monoisotopic (exact) mass is 343 g/mol. The number of sulfonamides is 1. The Kier molecular flexibility index (Phi) is 4.46. The molecule has 0 radical (unpaired) electrons. The lowest BCUT2D eigenvalue weighted by atomic mass is 10.1. The molecular formula is C15H12F3NO3S. The third kappa shape index (κ3) is 3.89. The predicted octanol–water partition coefficient (Wildman–Crippen LogP) is 3.54. The van der Waals surface area contributed by atoms with Crippen molar-refractivity contribution in [3.63, 3.8) is 0 Å². The van der Waals surface area contributed by atoms with Gasteiger partial charge in [0.25, 0.3) is 15.8 Å². The summed E-state index contributed by atoms with van der Waals surface area (Å²) < 4.78 is 63.7. The molecule has 0 unspecified atom stereocenters. The standard InChI is InChI=1S/C15H12F3NO3S/c1-10-4-2-3-5-13(10)23(21,22)19-12-8-6-11(7-9-12)14(20)15(16,17)18/h2-9,19H,1H3. The minimum Gasteiger partial charge on any atom is -0.284 e. The van der Waals surface area contributed by atoms with Crippen molar-refractivity contribution in [2.24, 2.45) is 0 Å². The zero-order chi connectivity index (χ0) is 17.3. The van der Waals surface area contributed by atoms with Crippen molar-refractivity contribution in [3.8, 4) is 0 Å². The van der Waals surface area contributed by atoms with Gasteiger partial charge in [-0.1, -0.05) is 18.2 Å². The van der Waals surface area contributed by atoms with Gasteiger partial charge in [0.15, 0.2) is 0 Å². The molecule has 23 heavy (non-hydrogen) atoms. The van der Waals surface area contributed by atoms with Crippen LogP contribution in [0.25, 0.3) is 0 Å². The lowest BCUT2D eigenvalue weighted by Gasteiger charge is -2.11. The van der Waals surface area contributed by atoms with Crippen LogP contribution in [-0.4, -0.2) is 20.4 Å². The summed E-state index contributed by atoms with van der Waals surface area (Å²) in [4.78, 5) is 11.1. The Hall–Kier alpha value is -2.35. The van der Waals surface area contributed by atoms with Gasteiger partial charge in [0.1, 0.15) is 0 Å². The fourth-order valence-corrected chi connectivity index (χ4v) is 3.23. The number of nitrogens with one attached hydrogen (secondary N) is 1. The van der Waals surface area contributed by atoms with Gasteiger partial charge in [-0.25, -0.2) is 8.42 Å². The number of benzene rings is 2. The minimum absolute atomic E-state index is 0.0620. The molecule has 0 aromatic heterocycles. The molecule has 0 aliphatic heterocycles. The van der Waals surface area contributed by atoms with Crippen LogP contribution < -0.4 is 4.72 Å². The highest BCUT2D eigenvalue weighted by Gasteiger charge is 2.39. The summed E-state index contributed by atoms with van der Waals surface area (Å²) in [5.74, 6) is -1.98. The first kappa shape index (κ1) is 17.0. The van der Waals surface area contributed by atoms with Crippen molar-refractivity contribution in [2.75, 3.05) is 4.72 Å². The van der Waals surface area contributed by atoms with Gasteiger partial charge >= 0.3 is 6.18 Å². The summed E-state index contributed by atoms with van der Waals surface area (Å²) in [6.07, 6.45) is -4.97. The zero-order valence-corrected chi connectivity index (χ0v) is 12.7. The van der Waals surface area contributed by atoms with Gasteiger partial charge in [-0.05, 0) is 42.8 Å². The van der Waals surface area contributed by atoms with E-state index in [4.69, 9.17) is 0 Å². The molecule has 0 atom stereocenters. The minimum atomic E-state index is -4.97. The van der Waals surface area contributed by atoms with Gasteiger partial charge < -0.3 is 0 Å². The molecule has 1 N–H and O–H groups in total. The molecule has 2 rings (SSSR count). The average Bonchev–Trinajstić information content (AvgIpc) is 2.46. The van der Waals surface area contributed by atoms with Crippen molar-refractivity contribution in [3.05, 3.63) is 59.7 Å². The Labute approximate surface area is 131 Å². The van der Waals surface area contributed by atoms with Crippen LogP contribution in [-0.2, 0) is 10.0 Å². The lowest BCUT2D eigenvalue weighted by molar-refractivity contribution is -0.0885. The first-order valence-electron chi connectivity index (χ1n) is 6.41. The van der Waals surface area contributed by atoms with E-state index in [0.29, 0.717) is 5.56 Å². The van der Waals surface area contributed by atoms with Gasteiger partial charge in [-0.2, -0.15) is 13.2 Å². The molecule has 2 aromatic carbocycles. The molecule has 0 bridgehead atoms. The number of alkyl halides is 3. The number of anilines is 1. The highest BCUT2D eigenvalue weighted by molar-refractivity contribution is 7.92. The number of Topliss-reactive ketones (excluding diaryl/α,β-unsaturated/α-hetero) is 1. The smallest absolute Gasteiger partial charge is 0.284 e. The molecule has 0 fully saturated rings. The maximum atomic E-state index is 12.3. The average molecular weight is 343 g/mol. The van der Waals surface area contributed by atoms with E-state index >= 15 is 0 Å². The van der Waals surface area contributed by atoms with E-state index in [1.807, 2.05) is 0 Å². The van der Waals surface area contributed by atoms with Gasteiger partial charge in [-0.15, -0.1) is 0 Å². The molecule has 0 amide bonds. The van der Waals surface area contributed by atoms with Crippen molar-refractivity contribution in [1.29, 1.82) is 0 Å². The molecule has 0 aliphatic rings. The Balaban J connectivity index is 2.25. The maximum Gasteiger partial charge on any atom is 0.454 e. The Morgan fingerprint density at radius 2 is 1.57 bits per heavy atom. The molecule has 0 aliphatic carbocycles. The van der Waals surface area contributed by atoms with Gasteiger partial charge in [0.2, 0.25) is 0 Å². The van der Waals surface area contributed by atoms with Crippen LogP contribution in [0, 0.1) is 6.92 Å². The zero-order valence-electron chi connectivity index (χ0n) is 11.9. The molecule has 2 aromatic rings. The number of carbonyl (C=O) groups excluding carboxylic acids is 1. The first-order chi connectivity index (χ1) is 10.6. The number of hydrogen-bond donors (Lipinski definition) is 1. The predicted molar refractivity (Wildman–Crippen MR) is 78.8 cm³/mol. The molecule has 0 saturated heterocycles. The number of aryl methyl sites for hydroxylation is 1. The topological polar surface area (TPSA) is 63.2 Å². The molecule has 122 valence electrons. The molecular weight excluding hydrogens is 331 g/mol. The summed E-state index contributed by atoms with van der Waals surface area (Å²) in [6, 6.07) is 10.3. The van der Waals surface area contributed by atoms with E-state index in [2.05, 4.69) is 4.72 Å². The summed E-state index contributed by atoms with van der Waals surface area (Å²) in [5, 5.41) is 0. The second kappa shape index (κ2) is 6.04. The van der Waals surface area contributed by atoms with Gasteiger partial charge in [0, 0.05) is 11.3 Å². The number of hydrogen-bond acceptors (Lipinski definition) is 3. The first-order valence-corrected chi connectivity index (χ1v) is 7.89. The summed E-state index contributed by atoms with van der Waals surface area (Å²) in [6.45, 7) is 1.62. The van der Waals surface area contributed by atoms with Crippen molar-refractivity contribution < 1.29 is 26.4 Å². The third-order valence-electron chi connectivity index (χ3n) is 3.04. The summed E-state index contributed by atoms with van der Waals surface area (Å²) in [7, 11) is -3.86. The highest BCUT2D eigenvalue weighted by Crippen LogP contribution is 2.23. The third-order valence-corrected chi connectivity index (χ3v) is 4.58. The molecule has 0 saturated carbocycles. The van der Waals surface area contributed by atoms with Crippen LogP contribution >= 0.6 is 0 Å². The number of rotatable bonds is 4. The second-order valence-corrected chi connectivity index (χ2v) is 6.43. The van der Waals surface area contributed by atoms with Gasteiger partial charge in [-0.3, -0.25) is 9.52 Å². The van der Waals surface area contributed by atoms with Gasteiger partial charge in [0.05, 0.1) is 4.90 Å². The normalized spacial score (nSPS) is 12.0. The summed E-state index contributed by atoms with van der Waals surface area (Å²) in [5.41, 5.74) is 0.0344. The Morgan fingerprint density at radius 1 is 1.00 bits per heavy atom. The van der Waals surface area contributed by atoms with Crippen molar-refractivity contribution in [2.45, 2.75) is 18.0 Å². The Bertz CT molecular complexity index is 828. The van der Waals surface area contributed by atoms with E-state index in [0.717, 1.165) is 24.3 Å². The molecule has 8 heteroatoms. The lowest BCUT2D eigenvalue weighted by Crippen LogP contribution is -2.22. The summed E-state index contributed by atoms with van der Waals surface area (Å²) >= 11 is 0. The maximum absolute atomic E-state index is 12.3. The number of ketones is 1. The van der Waals surface area contributed by atoms with E-state index in [1.54, 1.807) is 25.1 Å².